The van der Waals surface area contributed by atoms with E-state index in [1.165, 1.54) is 0 Å². The summed E-state index contributed by atoms with van der Waals surface area (Å²) in [4.78, 5) is 13.4. The van der Waals surface area contributed by atoms with E-state index in [9.17, 15) is 0 Å². The molecular formula is C17H18N4. The van der Waals surface area contributed by atoms with Crippen molar-refractivity contribution in [2.75, 3.05) is 5.32 Å². The van der Waals surface area contributed by atoms with Gasteiger partial charge in [-0.3, -0.25) is 4.98 Å². The van der Waals surface area contributed by atoms with Gasteiger partial charge in [0.15, 0.2) is 0 Å². The zero-order chi connectivity index (χ0) is 14.5. The average Bonchev–Trinajstić information content (AvgIpc) is 2.54. The minimum Gasteiger partial charge on any atom is -0.365 e. The zero-order valence-corrected chi connectivity index (χ0v) is 12.1. The highest BCUT2D eigenvalue weighted by molar-refractivity contribution is 5.88. The second-order valence-electron chi connectivity index (χ2n) is 4.97. The van der Waals surface area contributed by atoms with E-state index in [1.54, 1.807) is 6.20 Å². The van der Waals surface area contributed by atoms with Crippen molar-refractivity contribution in [1.29, 1.82) is 0 Å². The second kappa shape index (κ2) is 6.31. The molecule has 0 aliphatic heterocycles. The van der Waals surface area contributed by atoms with Crippen LogP contribution in [-0.4, -0.2) is 15.0 Å². The first-order valence-electron chi connectivity index (χ1n) is 7.25. The molecule has 2 heterocycles. The number of para-hydroxylation sites is 1. The molecule has 21 heavy (non-hydrogen) atoms. The van der Waals surface area contributed by atoms with Crippen molar-refractivity contribution in [3.63, 3.8) is 0 Å². The molecule has 4 nitrogen and oxygen atoms in total. The van der Waals surface area contributed by atoms with Gasteiger partial charge in [-0.2, -0.15) is 0 Å². The number of benzene rings is 1. The van der Waals surface area contributed by atoms with Gasteiger partial charge in [0, 0.05) is 30.7 Å². The van der Waals surface area contributed by atoms with Crippen molar-refractivity contribution in [1.82, 2.24) is 15.0 Å². The van der Waals surface area contributed by atoms with Crippen LogP contribution in [-0.2, 0) is 13.0 Å². The van der Waals surface area contributed by atoms with Gasteiger partial charge >= 0.3 is 0 Å². The SMILES string of the molecule is CCCc1nc(NCc2cccnc2)c2ccccc2n1. The molecular weight excluding hydrogens is 260 g/mol. The number of hydrogen-bond donors (Lipinski definition) is 1. The standard InChI is InChI=1S/C17H18N4/c1-2-6-16-20-15-9-4-3-8-14(15)17(21-16)19-12-13-7-5-10-18-11-13/h3-5,7-11H,2,6,12H2,1H3,(H,19,20,21). The summed E-state index contributed by atoms with van der Waals surface area (Å²) in [6, 6.07) is 12.1. The fourth-order valence-corrected chi connectivity index (χ4v) is 2.28. The van der Waals surface area contributed by atoms with E-state index in [0.717, 1.165) is 41.0 Å². The second-order valence-corrected chi connectivity index (χ2v) is 4.97. The number of anilines is 1. The highest BCUT2D eigenvalue weighted by Crippen LogP contribution is 2.21. The van der Waals surface area contributed by atoms with Crippen LogP contribution >= 0.6 is 0 Å². The normalized spacial score (nSPS) is 10.7. The molecule has 0 saturated carbocycles. The maximum atomic E-state index is 4.66. The van der Waals surface area contributed by atoms with Crippen LogP contribution in [0, 0.1) is 0 Å². The van der Waals surface area contributed by atoms with E-state index in [4.69, 9.17) is 0 Å². The molecule has 0 amide bonds. The van der Waals surface area contributed by atoms with Gasteiger partial charge in [0.1, 0.15) is 11.6 Å². The number of aryl methyl sites for hydroxylation is 1. The molecule has 3 rings (SSSR count). The molecule has 0 aliphatic carbocycles. The van der Waals surface area contributed by atoms with Crippen molar-refractivity contribution in [2.45, 2.75) is 26.3 Å². The summed E-state index contributed by atoms with van der Waals surface area (Å²) in [7, 11) is 0. The number of fused-ring (bicyclic) bond motifs is 1. The Morgan fingerprint density at radius 2 is 1.95 bits per heavy atom. The third-order valence-corrected chi connectivity index (χ3v) is 3.31. The third kappa shape index (κ3) is 3.16. The highest BCUT2D eigenvalue weighted by atomic mass is 15.0. The maximum absolute atomic E-state index is 4.66. The predicted octanol–water partition coefficient (Wildman–Crippen LogP) is 3.59. The summed E-state index contributed by atoms with van der Waals surface area (Å²) >= 11 is 0. The molecule has 0 saturated heterocycles. The Morgan fingerprint density at radius 1 is 1.05 bits per heavy atom. The summed E-state index contributed by atoms with van der Waals surface area (Å²) in [6.45, 7) is 2.85. The van der Waals surface area contributed by atoms with Gasteiger partial charge in [-0.05, 0) is 30.2 Å². The van der Waals surface area contributed by atoms with Crippen molar-refractivity contribution in [3.8, 4) is 0 Å². The minimum atomic E-state index is 0.709. The molecule has 0 bridgehead atoms. The summed E-state index contributed by atoms with van der Waals surface area (Å²) < 4.78 is 0. The summed E-state index contributed by atoms with van der Waals surface area (Å²) in [5.74, 6) is 1.79. The monoisotopic (exact) mass is 278 g/mol. The predicted molar refractivity (Wildman–Crippen MR) is 85.1 cm³/mol. The van der Waals surface area contributed by atoms with Crippen LogP contribution in [0.4, 0.5) is 5.82 Å². The largest absolute Gasteiger partial charge is 0.365 e. The lowest BCUT2D eigenvalue weighted by atomic mass is 10.2. The van der Waals surface area contributed by atoms with Crippen LogP contribution < -0.4 is 5.32 Å². The first kappa shape index (κ1) is 13.5. The van der Waals surface area contributed by atoms with E-state index < -0.39 is 0 Å². The van der Waals surface area contributed by atoms with Crippen LogP contribution in [0.25, 0.3) is 10.9 Å². The van der Waals surface area contributed by atoms with Crippen LogP contribution in [0.2, 0.25) is 0 Å². The number of aromatic nitrogens is 3. The number of nitrogens with one attached hydrogen (secondary N) is 1. The van der Waals surface area contributed by atoms with Gasteiger partial charge in [-0.15, -0.1) is 0 Å². The van der Waals surface area contributed by atoms with Crippen LogP contribution in [0.3, 0.4) is 0 Å². The molecule has 4 heteroatoms. The Balaban J connectivity index is 1.92. The fraction of sp³-hybridized carbons (Fsp3) is 0.235. The van der Waals surface area contributed by atoms with Crippen LogP contribution in [0.5, 0.6) is 0 Å². The van der Waals surface area contributed by atoms with E-state index in [1.807, 2.05) is 30.5 Å². The Hall–Kier alpha value is -2.49. The number of nitrogens with zero attached hydrogens (tertiary/aromatic N) is 3. The van der Waals surface area contributed by atoms with Gasteiger partial charge in [-0.1, -0.05) is 25.1 Å². The van der Waals surface area contributed by atoms with Gasteiger partial charge in [0.25, 0.3) is 0 Å². The smallest absolute Gasteiger partial charge is 0.137 e. The van der Waals surface area contributed by atoms with Crippen molar-refractivity contribution in [2.24, 2.45) is 0 Å². The molecule has 3 aromatic rings. The molecule has 1 aromatic carbocycles. The van der Waals surface area contributed by atoms with Gasteiger partial charge < -0.3 is 5.32 Å². The van der Waals surface area contributed by atoms with Crippen molar-refractivity contribution >= 4 is 16.7 Å². The molecule has 0 aliphatic rings. The molecule has 0 fully saturated rings. The number of rotatable bonds is 5. The van der Waals surface area contributed by atoms with Gasteiger partial charge in [0.2, 0.25) is 0 Å². The average molecular weight is 278 g/mol. The summed E-state index contributed by atoms with van der Waals surface area (Å²) in [6.07, 6.45) is 5.58. The lowest BCUT2D eigenvalue weighted by Crippen LogP contribution is -2.05. The van der Waals surface area contributed by atoms with E-state index in [0.29, 0.717) is 6.54 Å². The maximum Gasteiger partial charge on any atom is 0.137 e. The number of pyridine rings is 1. The topological polar surface area (TPSA) is 50.7 Å². The highest BCUT2D eigenvalue weighted by Gasteiger charge is 2.06. The molecule has 0 atom stereocenters. The van der Waals surface area contributed by atoms with E-state index in [-0.39, 0.29) is 0 Å². The van der Waals surface area contributed by atoms with E-state index in [2.05, 4.69) is 39.3 Å². The number of hydrogen-bond acceptors (Lipinski definition) is 4. The fourth-order valence-electron chi connectivity index (χ4n) is 2.28. The van der Waals surface area contributed by atoms with Crippen molar-refractivity contribution in [3.05, 3.63) is 60.2 Å². The first-order valence-corrected chi connectivity index (χ1v) is 7.25. The Bertz CT molecular complexity index is 725. The lowest BCUT2D eigenvalue weighted by Gasteiger charge is -2.10. The Kier molecular flexibility index (Phi) is 4.05. The molecule has 0 spiro atoms. The molecule has 0 unspecified atom stereocenters. The van der Waals surface area contributed by atoms with E-state index >= 15 is 0 Å². The van der Waals surface area contributed by atoms with Crippen molar-refractivity contribution < 1.29 is 0 Å². The first-order chi connectivity index (χ1) is 10.4. The summed E-state index contributed by atoms with van der Waals surface area (Å²) in [5.41, 5.74) is 2.13. The molecule has 1 N–H and O–H groups in total. The molecule has 2 aromatic heterocycles. The molecule has 106 valence electrons. The third-order valence-electron chi connectivity index (χ3n) is 3.31. The summed E-state index contributed by atoms with van der Waals surface area (Å²) in [5, 5.41) is 4.47. The lowest BCUT2D eigenvalue weighted by molar-refractivity contribution is 0.843. The molecule has 0 radical (unpaired) electrons. The van der Waals surface area contributed by atoms with Crippen LogP contribution in [0.15, 0.2) is 48.8 Å². The van der Waals surface area contributed by atoms with Crippen LogP contribution in [0.1, 0.15) is 24.7 Å². The Morgan fingerprint density at radius 3 is 2.76 bits per heavy atom. The Labute approximate surface area is 124 Å². The zero-order valence-electron chi connectivity index (χ0n) is 12.1. The van der Waals surface area contributed by atoms with Gasteiger partial charge in [0.05, 0.1) is 5.52 Å². The quantitative estimate of drug-likeness (QED) is 0.775. The minimum absolute atomic E-state index is 0.709. The van der Waals surface area contributed by atoms with Gasteiger partial charge in [-0.25, -0.2) is 9.97 Å².